The molecule has 6 rings (SSSR count). The highest BCUT2D eigenvalue weighted by Crippen LogP contribution is 2.28. The van der Waals surface area contributed by atoms with Crippen LogP contribution in [0.1, 0.15) is 12.8 Å². The zero-order valence-corrected chi connectivity index (χ0v) is 20.9. The van der Waals surface area contributed by atoms with E-state index < -0.39 is 0 Å². The van der Waals surface area contributed by atoms with Crippen molar-refractivity contribution < 1.29 is 14.3 Å². The van der Waals surface area contributed by atoms with Gasteiger partial charge in [-0.25, -0.2) is 9.97 Å². The number of hydrogen-bond donors (Lipinski definition) is 2. The number of carbonyl (C=O) groups is 1. The van der Waals surface area contributed by atoms with E-state index >= 15 is 0 Å². The van der Waals surface area contributed by atoms with Crippen molar-refractivity contribution in [2.75, 3.05) is 69.2 Å². The molecule has 0 radical (unpaired) electrons. The van der Waals surface area contributed by atoms with Gasteiger partial charge >= 0.3 is 0 Å². The molecular formula is C27H33N7O3. The number of aromatic nitrogens is 3. The van der Waals surface area contributed by atoms with Crippen LogP contribution in [0, 0.1) is 0 Å². The average molecular weight is 504 g/mol. The number of rotatable bonds is 6. The molecule has 3 aliphatic rings. The maximum atomic E-state index is 12.7. The van der Waals surface area contributed by atoms with Gasteiger partial charge in [-0.15, -0.1) is 0 Å². The van der Waals surface area contributed by atoms with Gasteiger partial charge < -0.3 is 29.9 Å². The first-order valence-corrected chi connectivity index (χ1v) is 13.2. The molecule has 3 aliphatic heterocycles. The lowest BCUT2D eigenvalue weighted by atomic mass is 10.1. The third-order valence-electron chi connectivity index (χ3n) is 7.28. The molecule has 0 saturated carbocycles. The number of nitrogens with zero attached hydrogens (tertiary/aromatic N) is 5. The summed E-state index contributed by atoms with van der Waals surface area (Å²) < 4.78 is 11.4. The fraction of sp³-hybridized carbons (Fsp3) is 0.481. The third kappa shape index (κ3) is 5.36. The molecule has 2 aromatic heterocycles. The zero-order valence-electron chi connectivity index (χ0n) is 20.9. The fourth-order valence-electron chi connectivity index (χ4n) is 5.21. The minimum Gasteiger partial charge on any atom is -0.374 e. The molecule has 0 unspecified atom stereocenters. The second-order valence-electron chi connectivity index (χ2n) is 9.72. The first kappa shape index (κ1) is 24.0. The number of ether oxygens (including phenoxy) is 2. The van der Waals surface area contributed by atoms with Crippen LogP contribution in [-0.4, -0.2) is 97.0 Å². The highest BCUT2D eigenvalue weighted by Gasteiger charge is 2.30. The molecule has 37 heavy (non-hydrogen) atoms. The Kier molecular flexibility index (Phi) is 7.11. The van der Waals surface area contributed by atoms with Crippen molar-refractivity contribution in [3.05, 3.63) is 42.7 Å². The van der Waals surface area contributed by atoms with Gasteiger partial charge in [0.05, 0.1) is 23.9 Å². The molecule has 1 aromatic carbocycles. The molecule has 5 heterocycles. The van der Waals surface area contributed by atoms with E-state index in [0.717, 1.165) is 80.1 Å². The molecule has 2 atom stereocenters. The van der Waals surface area contributed by atoms with Gasteiger partial charge in [-0.3, -0.25) is 9.78 Å². The van der Waals surface area contributed by atoms with Gasteiger partial charge in [0.25, 0.3) is 5.91 Å². The number of piperazine rings is 1. The summed E-state index contributed by atoms with van der Waals surface area (Å²) in [4.78, 5) is 30.9. The Morgan fingerprint density at radius 1 is 1.05 bits per heavy atom. The second-order valence-corrected chi connectivity index (χ2v) is 9.72. The largest absolute Gasteiger partial charge is 0.374 e. The van der Waals surface area contributed by atoms with E-state index in [1.807, 2.05) is 11.0 Å². The Morgan fingerprint density at radius 3 is 2.65 bits per heavy atom. The summed E-state index contributed by atoms with van der Waals surface area (Å²) in [6.45, 7) is 6.84. The number of anilines is 2. The minimum atomic E-state index is -0.240. The molecule has 3 fully saturated rings. The average Bonchev–Trinajstić information content (AvgIpc) is 3.51. The summed E-state index contributed by atoms with van der Waals surface area (Å²) in [5.74, 6) is 0.861. The smallest absolute Gasteiger partial charge is 0.251 e. The Hall–Kier alpha value is -3.34. The molecule has 3 aromatic rings. The van der Waals surface area contributed by atoms with Crippen LogP contribution in [0.4, 0.5) is 11.5 Å². The minimum absolute atomic E-state index is 0.0895. The molecule has 10 nitrogen and oxygen atoms in total. The Morgan fingerprint density at radius 2 is 1.89 bits per heavy atom. The monoisotopic (exact) mass is 503 g/mol. The van der Waals surface area contributed by atoms with Crippen LogP contribution >= 0.6 is 0 Å². The number of nitrogens with one attached hydrogen (secondary N) is 2. The number of morpholine rings is 1. The third-order valence-corrected chi connectivity index (χ3v) is 7.28. The van der Waals surface area contributed by atoms with E-state index in [9.17, 15) is 4.79 Å². The molecule has 3 saturated heterocycles. The fourth-order valence-corrected chi connectivity index (χ4v) is 5.21. The maximum absolute atomic E-state index is 12.7. The van der Waals surface area contributed by atoms with Gasteiger partial charge in [0.1, 0.15) is 11.6 Å². The lowest BCUT2D eigenvalue weighted by molar-refractivity contribution is -0.141. The summed E-state index contributed by atoms with van der Waals surface area (Å²) in [5, 5.41) is 6.79. The topological polar surface area (TPSA) is 105 Å². The van der Waals surface area contributed by atoms with Crippen molar-refractivity contribution in [2.24, 2.45) is 0 Å². The number of carbonyl (C=O) groups excluding carboxylic acids is 1. The van der Waals surface area contributed by atoms with Crippen molar-refractivity contribution in [1.29, 1.82) is 0 Å². The van der Waals surface area contributed by atoms with Crippen LogP contribution in [-0.2, 0) is 14.3 Å². The summed E-state index contributed by atoms with van der Waals surface area (Å²) in [6, 6.07) is 10.4. The van der Waals surface area contributed by atoms with E-state index in [1.54, 1.807) is 12.4 Å². The van der Waals surface area contributed by atoms with Crippen LogP contribution < -0.4 is 15.5 Å². The van der Waals surface area contributed by atoms with E-state index in [1.165, 1.54) is 0 Å². The number of benzene rings is 1. The van der Waals surface area contributed by atoms with Crippen molar-refractivity contribution in [1.82, 2.24) is 25.2 Å². The van der Waals surface area contributed by atoms with E-state index in [0.29, 0.717) is 25.6 Å². The molecule has 0 bridgehead atoms. The molecule has 1 amide bonds. The van der Waals surface area contributed by atoms with Crippen LogP contribution in [0.2, 0.25) is 0 Å². The number of hydrogen-bond acceptors (Lipinski definition) is 9. The Balaban J connectivity index is 1.14. The van der Waals surface area contributed by atoms with Gasteiger partial charge in [-0.1, -0.05) is 12.1 Å². The lowest BCUT2D eigenvalue weighted by Crippen LogP contribution is -2.51. The van der Waals surface area contributed by atoms with E-state index in [4.69, 9.17) is 14.5 Å². The standard InChI is InChI=1S/C27H33N7O3/c35-27(24-2-1-14-37-24)34-12-10-33(11-13-34)20-5-3-19(4-6-20)22-16-23-25(30-8-7-29-23)26(32-22)31-18-21-17-28-9-15-36-21/h3-8,16,21,24,28H,1-2,9-15,17-18H2,(H,31,32)/t21-,24+/m0/s1. The molecule has 0 aliphatic carbocycles. The molecule has 194 valence electrons. The molecular weight excluding hydrogens is 470 g/mol. The van der Waals surface area contributed by atoms with Crippen LogP contribution in [0.15, 0.2) is 42.7 Å². The van der Waals surface area contributed by atoms with E-state index in [2.05, 4.69) is 49.8 Å². The lowest BCUT2D eigenvalue weighted by Gasteiger charge is -2.37. The molecule has 0 spiro atoms. The number of amides is 1. The summed E-state index contributed by atoms with van der Waals surface area (Å²) in [7, 11) is 0. The Bertz CT molecular complexity index is 1220. The van der Waals surface area contributed by atoms with E-state index in [-0.39, 0.29) is 18.1 Å². The second kappa shape index (κ2) is 11.0. The first-order chi connectivity index (χ1) is 18.2. The summed E-state index contributed by atoms with van der Waals surface area (Å²) >= 11 is 0. The SMILES string of the molecule is O=C([C@H]1CCCO1)N1CCN(c2ccc(-c3cc4nccnc4c(NC[C@@H]4CNCCO4)n3)cc2)CC1. The van der Waals surface area contributed by atoms with Crippen molar-refractivity contribution in [3.8, 4) is 11.3 Å². The predicted octanol–water partition coefficient (Wildman–Crippen LogP) is 1.92. The van der Waals surface area contributed by atoms with Gasteiger partial charge in [0.2, 0.25) is 0 Å². The van der Waals surface area contributed by atoms with Crippen LogP contribution in [0.5, 0.6) is 0 Å². The molecule has 2 N–H and O–H groups in total. The Labute approximate surface area is 216 Å². The first-order valence-electron chi connectivity index (χ1n) is 13.2. The highest BCUT2D eigenvalue weighted by molar-refractivity contribution is 5.88. The van der Waals surface area contributed by atoms with Crippen LogP contribution in [0.3, 0.4) is 0 Å². The summed E-state index contributed by atoms with van der Waals surface area (Å²) in [5.41, 5.74) is 4.56. The van der Waals surface area contributed by atoms with Gasteiger partial charge in [0, 0.05) is 76.1 Å². The highest BCUT2D eigenvalue weighted by atomic mass is 16.5. The predicted molar refractivity (Wildman–Crippen MR) is 142 cm³/mol. The maximum Gasteiger partial charge on any atom is 0.251 e. The molecule has 10 heteroatoms. The number of pyridine rings is 1. The number of fused-ring (bicyclic) bond motifs is 1. The normalized spacial score (nSPS) is 22.4. The van der Waals surface area contributed by atoms with Gasteiger partial charge in [-0.2, -0.15) is 0 Å². The van der Waals surface area contributed by atoms with Gasteiger partial charge in [-0.05, 0) is 31.0 Å². The quantitative estimate of drug-likeness (QED) is 0.522. The van der Waals surface area contributed by atoms with Gasteiger partial charge in [0.15, 0.2) is 5.82 Å². The van der Waals surface area contributed by atoms with Crippen molar-refractivity contribution in [2.45, 2.75) is 25.0 Å². The summed E-state index contributed by atoms with van der Waals surface area (Å²) in [6.07, 6.45) is 5.07. The van der Waals surface area contributed by atoms with Crippen molar-refractivity contribution in [3.63, 3.8) is 0 Å². The van der Waals surface area contributed by atoms with Crippen molar-refractivity contribution >= 4 is 28.4 Å². The zero-order chi connectivity index (χ0) is 25.0. The van der Waals surface area contributed by atoms with Crippen LogP contribution in [0.25, 0.3) is 22.3 Å².